The molecule has 2 aromatic carbocycles. The van der Waals surface area contributed by atoms with Crippen LogP contribution in [0.4, 0.5) is 10.1 Å². The molecule has 0 aliphatic heterocycles. The summed E-state index contributed by atoms with van der Waals surface area (Å²) in [6.07, 6.45) is 0. The number of H-pyrrole nitrogens is 1. The number of aromatic amines is 1. The zero-order valence-corrected chi connectivity index (χ0v) is 15.0. The Kier molecular flexibility index (Phi) is 5.25. The molecule has 0 saturated carbocycles. The molecule has 0 bridgehead atoms. The topological polar surface area (TPSA) is 85.5 Å². The van der Waals surface area contributed by atoms with Gasteiger partial charge >= 0.3 is 0 Å². The number of halogens is 1. The molecule has 0 atom stereocenters. The second-order valence-corrected chi connectivity index (χ2v) is 5.53. The van der Waals surface area contributed by atoms with Gasteiger partial charge in [0.05, 0.1) is 32.7 Å². The van der Waals surface area contributed by atoms with E-state index in [1.807, 2.05) is 0 Å². The number of carbonyl (C=O) groups excluding carboxylic acids is 1. The quantitative estimate of drug-likeness (QED) is 0.693. The van der Waals surface area contributed by atoms with E-state index >= 15 is 0 Å². The van der Waals surface area contributed by atoms with Gasteiger partial charge in [0.25, 0.3) is 5.91 Å². The van der Waals surface area contributed by atoms with E-state index in [1.54, 1.807) is 25.3 Å². The summed E-state index contributed by atoms with van der Waals surface area (Å²) in [6.45, 7) is 0. The normalized spacial score (nSPS) is 10.4. The molecule has 1 amide bonds. The van der Waals surface area contributed by atoms with Crippen molar-refractivity contribution >= 4 is 11.6 Å². The molecule has 1 heterocycles. The smallest absolute Gasteiger partial charge is 0.273 e. The molecule has 0 spiro atoms. The van der Waals surface area contributed by atoms with Crippen LogP contribution in [0.25, 0.3) is 11.3 Å². The van der Waals surface area contributed by atoms with Crippen LogP contribution in [0, 0.1) is 5.82 Å². The van der Waals surface area contributed by atoms with Crippen molar-refractivity contribution in [1.29, 1.82) is 0 Å². The fraction of sp³-hybridized carbons (Fsp3) is 0.158. The summed E-state index contributed by atoms with van der Waals surface area (Å²) in [5, 5.41) is 9.47. The third-order valence-corrected chi connectivity index (χ3v) is 3.92. The molecule has 0 radical (unpaired) electrons. The van der Waals surface area contributed by atoms with Crippen LogP contribution in [0.2, 0.25) is 0 Å². The van der Waals surface area contributed by atoms with Gasteiger partial charge in [-0.05, 0) is 36.4 Å². The second-order valence-electron chi connectivity index (χ2n) is 5.53. The Morgan fingerprint density at radius 3 is 2.48 bits per heavy atom. The SMILES string of the molecule is COc1ccc(NC(=O)c2cc(-c3cc(F)ccc3OC)n[nH]2)c(OC)c1. The Morgan fingerprint density at radius 2 is 1.78 bits per heavy atom. The number of amides is 1. The molecule has 3 rings (SSSR count). The number of benzene rings is 2. The van der Waals surface area contributed by atoms with Crippen molar-refractivity contribution in [3.63, 3.8) is 0 Å². The highest BCUT2D eigenvalue weighted by Crippen LogP contribution is 2.31. The van der Waals surface area contributed by atoms with Crippen molar-refractivity contribution in [1.82, 2.24) is 10.2 Å². The average Bonchev–Trinajstić information content (AvgIpc) is 3.18. The minimum atomic E-state index is -0.428. The first-order chi connectivity index (χ1) is 13.0. The van der Waals surface area contributed by atoms with Crippen LogP contribution in [0.5, 0.6) is 17.2 Å². The molecule has 0 saturated heterocycles. The van der Waals surface area contributed by atoms with E-state index in [4.69, 9.17) is 14.2 Å². The van der Waals surface area contributed by atoms with Crippen molar-refractivity contribution in [3.05, 3.63) is 54.0 Å². The van der Waals surface area contributed by atoms with Crippen molar-refractivity contribution in [2.24, 2.45) is 0 Å². The molecule has 8 heteroatoms. The Balaban J connectivity index is 1.85. The van der Waals surface area contributed by atoms with E-state index in [-0.39, 0.29) is 5.69 Å². The maximum atomic E-state index is 13.6. The number of rotatable bonds is 6. The van der Waals surface area contributed by atoms with Crippen molar-refractivity contribution in [2.45, 2.75) is 0 Å². The number of carbonyl (C=O) groups is 1. The first kappa shape index (κ1) is 18.2. The number of ether oxygens (including phenoxy) is 3. The van der Waals surface area contributed by atoms with E-state index in [0.29, 0.717) is 34.2 Å². The summed E-state index contributed by atoms with van der Waals surface area (Å²) >= 11 is 0. The number of methoxy groups -OCH3 is 3. The maximum absolute atomic E-state index is 13.6. The van der Waals surface area contributed by atoms with Crippen LogP contribution in [-0.4, -0.2) is 37.4 Å². The van der Waals surface area contributed by atoms with Crippen LogP contribution >= 0.6 is 0 Å². The predicted octanol–water partition coefficient (Wildman–Crippen LogP) is 3.49. The van der Waals surface area contributed by atoms with E-state index in [9.17, 15) is 9.18 Å². The largest absolute Gasteiger partial charge is 0.497 e. The van der Waals surface area contributed by atoms with E-state index < -0.39 is 11.7 Å². The number of aromatic nitrogens is 2. The van der Waals surface area contributed by atoms with Gasteiger partial charge in [0.1, 0.15) is 28.8 Å². The van der Waals surface area contributed by atoms with Crippen molar-refractivity contribution < 1.29 is 23.4 Å². The summed E-state index contributed by atoms with van der Waals surface area (Å²) < 4.78 is 29.2. The van der Waals surface area contributed by atoms with Crippen molar-refractivity contribution in [2.75, 3.05) is 26.6 Å². The Hall–Kier alpha value is -3.55. The molecule has 0 aliphatic carbocycles. The van der Waals surface area contributed by atoms with E-state index in [1.165, 1.54) is 38.5 Å². The molecule has 0 fully saturated rings. The van der Waals surface area contributed by atoms with Gasteiger partial charge in [0.2, 0.25) is 0 Å². The van der Waals surface area contributed by atoms with Gasteiger partial charge in [0, 0.05) is 11.6 Å². The van der Waals surface area contributed by atoms with E-state index in [2.05, 4.69) is 15.5 Å². The minimum Gasteiger partial charge on any atom is -0.497 e. The summed E-state index contributed by atoms with van der Waals surface area (Å²) in [7, 11) is 4.52. The summed E-state index contributed by atoms with van der Waals surface area (Å²) in [4.78, 5) is 12.5. The Labute approximate surface area is 155 Å². The first-order valence-electron chi connectivity index (χ1n) is 7.98. The first-order valence-corrected chi connectivity index (χ1v) is 7.98. The van der Waals surface area contributed by atoms with Gasteiger partial charge in [-0.3, -0.25) is 9.89 Å². The van der Waals surface area contributed by atoms with Gasteiger partial charge < -0.3 is 19.5 Å². The van der Waals surface area contributed by atoms with Crippen LogP contribution < -0.4 is 19.5 Å². The Morgan fingerprint density at radius 1 is 1.00 bits per heavy atom. The lowest BCUT2D eigenvalue weighted by Gasteiger charge is -2.10. The lowest BCUT2D eigenvalue weighted by atomic mass is 10.1. The third-order valence-electron chi connectivity index (χ3n) is 3.92. The molecular weight excluding hydrogens is 353 g/mol. The maximum Gasteiger partial charge on any atom is 0.273 e. The zero-order chi connectivity index (χ0) is 19.4. The van der Waals surface area contributed by atoms with Gasteiger partial charge in [-0.1, -0.05) is 0 Å². The highest BCUT2D eigenvalue weighted by Gasteiger charge is 2.16. The standard InChI is InChI=1S/C19H18FN3O4/c1-25-12-5-6-14(18(9-12)27-3)21-19(24)16-10-15(22-23-16)13-8-11(20)4-7-17(13)26-2/h4-10H,1-3H3,(H,21,24)(H,22,23). The van der Waals surface area contributed by atoms with Crippen LogP contribution in [0.3, 0.4) is 0 Å². The summed E-state index contributed by atoms with van der Waals surface area (Å²) in [5.41, 5.74) is 1.50. The molecule has 2 N–H and O–H groups in total. The lowest BCUT2D eigenvalue weighted by Crippen LogP contribution is -2.13. The zero-order valence-electron chi connectivity index (χ0n) is 15.0. The molecule has 1 aromatic heterocycles. The highest BCUT2D eigenvalue weighted by molar-refractivity contribution is 6.04. The molecule has 140 valence electrons. The van der Waals surface area contributed by atoms with Crippen LogP contribution in [0.1, 0.15) is 10.5 Å². The fourth-order valence-electron chi connectivity index (χ4n) is 2.55. The van der Waals surface area contributed by atoms with Crippen molar-refractivity contribution in [3.8, 4) is 28.5 Å². The fourth-order valence-corrected chi connectivity index (χ4v) is 2.55. The van der Waals surface area contributed by atoms with Gasteiger partial charge in [-0.25, -0.2) is 4.39 Å². The Bertz CT molecular complexity index is 971. The predicted molar refractivity (Wildman–Crippen MR) is 98.0 cm³/mol. The van der Waals surface area contributed by atoms with Gasteiger partial charge in [-0.15, -0.1) is 0 Å². The van der Waals surface area contributed by atoms with E-state index in [0.717, 1.165) is 0 Å². The average molecular weight is 371 g/mol. The molecule has 0 unspecified atom stereocenters. The van der Waals surface area contributed by atoms with Crippen LogP contribution in [-0.2, 0) is 0 Å². The lowest BCUT2D eigenvalue weighted by molar-refractivity contribution is 0.102. The molecular formula is C19H18FN3O4. The van der Waals surface area contributed by atoms with Crippen LogP contribution in [0.15, 0.2) is 42.5 Å². The highest BCUT2D eigenvalue weighted by atomic mass is 19.1. The number of hydrogen-bond donors (Lipinski definition) is 2. The number of nitrogens with one attached hydrogen (secondary N) is 2. The molecule has 0 aliphatic rings. The molecule has 7 nitrogen and oxygen atoms in total. The third kappa shape index (κ3) is 3.84. The number of hydrogen-bond acceptors (Lipinski definition) is 5. The van der Waals surface area contributed by atoms with Gasteiger partial charge in [0.15, 0.2) is 0 Å². The minimum absolute atomic E-state index is 0.203. The molecule has 27 heavy (non-hydrogen) atoms. The monoisotopic (exact) mass is 371 g/mol. The van der Waals surface area contributed by atoms with Gasteiger partial charge in [-0.2, -0.15) is 5.10 Å². The number of nitrogens with zero attached hydrogens (tertiary/aromatic N) is 1. The second kappa shape index (κ2) is 7.77. The summed E-state index contributed by atoms with van der Waals surface area (Å²) in [6, 6.07) is 10.6. The molecule has 3 aromatic rings. The number of anilines is 1. The summed E-state index contributed by atoms with van der Waals surface area (Å²) in [5.74, 6) is 0.656.